The number of nitrogens with zero attached hydrogens (tertiary/aromatic N) is 2. The van der Waals surface area contributed by atoms with Gasteiger partial charge in [-0.2, -0.15) is 0 Å². The largest absolute Gasteiger partial charge is 0.340 e. The van der Waals surface area contributed by atoms with Crippen LogP contribution >= 0.6 is 0 Å². The number of pyridine rings is 1. The van der Waals surface area contributed by atoms with Crippen LogP contribution in [0.2, 0.25) is 0 Å². The molecular formula is C20H18FN3O. The molecule has 0 saturated carbocycles. The van der Waals surface area contributed by atoms with Crippen LogP contribution in [0.5, 0.6) is 0 Å². The highest BCUT2D eigenvalue weighted by atomic mass is 19.1. The minimum atomic E-state index is -0.397. The number of hydrogen-bond acceptors (Lipinski definition) is 3. The van der Waals surface area contributed by atoms with Crippen molar-refractivity contribution < 1.29 is 9.18 Å². The fourth-order valence-electron chi connectivity index (χ4n) is 2.59. The molecule has 1 aromatic heterocycles. The molecule has 0 saturated heterocycles. The van der Waals surface area contributed by atoms with E-state index < -0.39 is 5.82 Å². The summed E-state index contributed by atoms with van der Waals surface area (Å²) in [5, 5.41) is 2.69. The molecule has 0 unspecified atom stereocenters. The molecule has 0 aliphatic rings. The third-order valence-corrected chi connectivity index (χ3v) is 3.76. The normalized spacial score (nSPS) is 10.3. The highest BCUT2D eigenvalue weighted by Gasteiger charge is 2.12. The second-order valence-electron chi connectivity index (χ2n) is 5.48. The molecule has 0 aliphatic carbocycles. The van der Waals surface area contributed by atoms with Gasteiger partial charge in [0.15, 0.2) is 0 Å². The molecule has 3 aromatic rings. The first-order valence-corrected chi connectivity index (χ1v) is 8.02. The number of anilines is 3. The van der Waals surface area contributed by atoms with Crippen LogP contribution in [-0.2, 0) is 0 Å². The Bertz CT molecular complexity index is 868. The van der Waals surface area contributed by atoms with Gasteiger partial charge in [0.05, 0.1) is 17.4 Å². The van der Waals surface area contributed by atoms with Crippen LogP contribution in [0.15, 0.2) is 73.1 Å². The van der Waals surface area contributed by atoms with E-state index in [-0.39, 0.29) is 5.91 Å². The highest BCUT2D eigenvalue weighted by molar-refractivity contribution is 6.04. The van der Waals surface area contributed by atoms with Crippen molar-refractivity contribution in [2.75, 3.05) is 16.8 Å². The molecule has 0 fully saturated rings. The SMILES string of the molecule is CCN(c1ccccc1)c1cncc(C(=O)Nc2cccc(F)c2)c1. The Morgan fingerprint density at radius 3 is 2.56 bits per heavy atom. The Morgan fingerprint density at radius 2 is 1.84 bits per heavy atom. The predicted molar refractivity (Wildman–Crippen MR) is 97.7 cm³/mol. The van der Waals surface area contributed by atoms with E-state index in [4.69, 9.17) is 0 Å². The van der Waals surface area contributed by atoms with E-state index in [2.05, 4.69) is 15.2 Å². The third-order valence-electron chi connectivity index (χ3n) is 3.76. The Morgan fingerprint density at radius 1 is 1.04 bits per heavy atom. The van der Waals surface area contributed by atoms with Gasteiger partial charge < -0.3 is 10.2 Å². The Kier molecular flexibility index (Phi) is 5.04. The lowest BCUT2D eigenvalue weighted by Crippen LogP contribution is -2.18. The maximum Gasteiger partial charge on any atom is 0.257 e. The molecule has 4 nitrogen and oxygen atoms in total. The average molecular weight is 335 g/mol. The molecular weight excluding hydrogens is 317 g/mol. The Hall–Kier alpha value is -3.21. The van der Waals surface area contributed by atoms with Crippen LogP contribution in [0.3, 0.4) is 0 Å². The molecule has 1 amide bonds. The molecule has 1 heterocycles. The van der Waals surface area contributed by atoms with Crippen LogP contribution in [0.1, 0.15) is 17.3 Å². The van der Waals surface area contributed by atoms with Crippen molar-refractivity contribution in [1.29, 1.82) is 0 Å². The standard InChI is InChI=1S/C20H18FN3O/c1-2-24(18-9-4-3-5-10-18)19-11-15(13-22-14-19)20(25)23-17-8-6-7-16(21)12-17/h3-14H,2H2,1H3,(H,23,25). The van der Waals surface area contributed by atoms with Gasteiger partial charge in [-0.1, -0.05) is 24.3 Å². The summed E-state index contributed by atoms with van der Waals surface area (Å²) in [7, 11) is 0. The van der Waals surface area contributed by atoms with Crippen molar-refractivity contribution >= 4 is 23.0 Å². The van der Waals surface area contributed by atoms with Gasteiger partial charge >= 0.3 is 0 Å². The van der Waals surface area contributed by atoms with Crippen molar-refractivity contribution in [1.82, 2.24) is 4.98 Å². The summed E-state index contributed by atoms with van der Waals surface area (Å²) in [5.74, 6) is -0.727. The number of para-hydroxylation sites is 1. The van der Waals surface area contributed by atoms with E-state index in [1.54, 1.807) is 24.4 Å². The molecule has 1 N–H and O–H groups in total. The van der Waals surface area contributed by atoms with Crippen LogP contribution in [0, 0.1) is 5.82 Å². The van der Waals surface area contributed by atoms with Crippen molar-refractivity contribution in [3.8, 4) is 0 Å². The van der Waals surface area contributed by atoms with Crippen LogP contribution in [0.25, 0.3) is 0 Å². The van der Waals surface area contributed by atoms with Crippen molar-refractivity contribution in [2.24, 2.45) is 0 Å². The summed E-state index contributed by atoms with van der Waals surface area (Å²) in [6, 6.07) is 17.5. The maximum atomic E-state index is 13.3. The van der Waals surface area contributed by atoms with Crippen LogP contribution in [-0.4, -0.2) is 17.4 Å². The zero-order chi connectivity index (χ0) is 17.6. The molecule has 126 valence electrons. The summed E-state index contributed by atoms with van der Waals surface area (Å²) in [6.45, 7) is 2.77. The second kappa shape index (κ2) is 7.57. The van der Waals surface area contributed by atoms with E-state index >= 15 is 0 Å². The maximum absolute atomic E-state index is 13.3. The zero-order valence-electron chi connectivity index (χ0n) is 13.8. The first-order chi connectivity index (χ1) is 12.2. The van der Waals surface area contributed by atoms with E-state index in [0.29, 0.717) is 11.3 Å². The molecule has 0 bridgehead atoms. The summed E-state index contributed by atoms with van der Waals surface area (Å²) in [6.07, 6.45) is 3.21. The summed E-state index contributed by atoms with van der Waals surface area (Å²) < 4.78 is 13.3. The lowest BCUT2D eigenvalue weighted by atomic mass is 10.2. The van der Waals surface area contributed by atoms with Gasteiger partial charge in [-0.05, 0) is 43.3 Å². The van der Waals surface area contributed by atoms with Crippen molar-refractivity contribution in [3.05, 3.63) is 84.4 Å². The van der Waals surface area contributed by atoms with E-state index in [1.165, 1.54) is 18.3 Å². The number of rotatable bonds is 5. The fourth-order valence-corrected chi connectivity index (χ4v) is 2.59. The van der Waals surface area contributed by atoms with E-state index in [1.807, 2.05) is 37.3 Å². The zero-order valence-corrected chi connectivity index (χ0v) is 13.8. The fraction of sp³-hybridized carbons (Fsp3) is 0.100. The molecule has 0 radical (unpaired) electrons. The Balaban J connectivity index is 1.84. The molecule has 2 aromatic carbocycles. The number of nitrogens with one attached hydrogen (secondary N) is 1. The Labute approximate surface area is 145 Å². The molecule has 0 atom stereocenters. The minimum absolute atomic E-state index is 0.330. The van der Waals surface area contributed by atoms with Gasteiger partial charge in [0, 0.05) is 24.1 Å². The number of halogens is 1. The monoisotopic (exact) mass is 335 g/mol. The average Bonchev–Trinajstić information content (AvgIpc) is 2.63. The lowest BCUT2D eigenvalue weighted by Gasteiger charge is -2.23. The van der Waals surface area contributed by atoms with Crippen molar-refractivity contribution in [2.45, 2.75) is 6.92 Å². The topological polar surface area (TPSA) is 45.2 Å². The molecule has 3 rings (SSSR count). The number of carbonyl (C=O) groups is 1. The highest BCUT2D eigenvalue weighted by Crippen LogP contribution is 2.25. The smallest absolute Gasteiger partial charge is 0.257 e. The van der Waals surface area contributed by atoms with Crippen LogP contribution < -0.4 is 10.2 Å². The van der Waals surface area contributed by atoms with Crippen LogP contribution in [0.4, 0.5) is 21.5 Å². The van der Waals surface area contributed by atoms with E-state index in [9.17, 15) is 9.18 Å². The summed E-state index contributed by atoms with van der Waals surface area (Å²) in [5.41, 5.74) is 2.66. The number of carbonyl (C=O) groups excluding carboxylic acids is 1. The van der Waals surface area contributed by atoms with Gasteiger partial charge in [-0.25, -0.2) is 4.39 Å². The van der Waals surface area contributed by atoms with Gasteiger partial charge in [-0.15, -0.1) is 0 Å². The molecule has 5 heteroatoms. The first kappa shape index (κ1) is 16.6. The number of benzene rings is 2. The summed E-state index contributed by atoms with van der Waals surface area (Å²) in [4.78, 5) is 18.7. The molecule has 0 aliphatic heterocycles. The quantitative estimate of drug-likeness (QED) is 0.739. The van der Waals surface area contributed by atoms with Gasteiger partial charge in [0.1, 0.15) is 5.82 Å². The number of aromatic nitrogens is 1. The number of amides is 1. The number of hydrogen-bond donors (Lipinski definition) is 1. The van der Waals surface area contributed by atoms with Gasteiger partial charge in [0.2, 0.25) is 0 Å². The predicted octanol–water partition coefficient (Wildman–Crippen LogP) is 4.63. The third kappa shape index (κ3) is 4.01. The minimum Gasteiger partial charge on any atom is -0.340 e. The second-order valence-corrected chi connectivity index (χ2v) is 5.48. The lowest BCUT2D eigenvalue weighted by molar-refractivity contribution is 0.102. The van der Waals surface area contributed by atoms with Gasteiger partial charge in [0.25, 0.3) is 5.91 Å². The van der Waals surface area contributed by atoms with Crippen molar-refractivity contribution in [3.63, 3.8) is 0 Å². The van der Waals surface area contributed by atoms with E-state index in [0.717, 1.165) is 17.9 Å². The first-order valence-electron chi connectivity index (χ1n) is 8.02. The van der Waals surface area contributed by atoms with Gasteiger partial charge in [-0.3, -0.25) is 9.78 Å². The summed E-state index contributed by atoms with van der Waals surface area (Å²) >= 11 is 0. The molecule has 0 spiro atoms. The molecule has 25 heavy (non-hydrogen) atoms.